The van der Waals surface area contributed by atoms with Gasteiger partial charge in [-0.15, -0.1) is 0 Å². The smallest absolute Gasteiger partial charge is 0.315 e. The number of benzene rings is 1. The van der Waals surface area contributed by atoms with Crippen LogP contribution in [-0.4, -0.2) is 59.0 Å². The molecule has 41 heavy (non-hydrogen) atoms. The number of nitrogens with one attached hydrogen (secondary N) is 5. The lowest BCUT2D eigenvalue weighted by molar-refractivity contribution is 0.228. The number of carbonyl (C=O) groups excluding carboxylic acids is 1. The molecule has 2 amide bonds. The predicted molar refractivity (Wildman–Crippen MR) is 157 cm³/mol. The number of fused-ring (bicyclic) bond motifs is 1. The molecule has 3 aliphatic carbocycles. The zero-order valence-electron chi connectivity index (χ0n) is 23.3. The minimum Gasteiger partial charge on any atom is -0.351 e. The fraction of sp³-hybridized carbons (Fsp3) is 0.517. The zero-order chi connectivity index (χ0) is 28.4. The van der Waals surface area contributed by atoms with Crippen molar-refractivity contribution in [1.29, 1.82) is 0 Å². The largest absolute Gasteiger partial charge is 0.351 e. The van der Waals surface area contributed by atoms with Crippen molar-refractivity contribution in [1.82, 2.24) is 30.8 Å². The third kappa shape index (κ3) is 6.80. The van der Waals surface area contributed by atoms with Crippen LogP contribution in [0.1, 0.15) is 74.1 Å². The van der Waals surface area contributed by atoms with E-state index in [9.17, 15) is 13.2 Å². The second-order valence-corrected chi connectivity index (χ2v) is 13.7. The van der Waals surface area contributed by atoms with Crippen LogP contribution >= 0.6 is 0 Å². The van der Waals surface area contributed by atoms with Gasteiger partial charge in [-0.1, -0.05) is 18.9 Å². The third-order valence-corrected chi connectivity index (χ3v) is 9.68. The maximum absolute atomic E-state index is 12.7. The topological polar surface area (TPSA) is 154 Å². The van der Waals surface area contributed by atoms with Gasteiger partial charge in [-0.3, -0.25) is 5.10 Å². The molecule has 0 aliphatic heterocycles. The molecule has 1 unspecified atom stereocenters. The van der Waals surface area contributed by atoms with Gasteiger partial charge in [-0.2, -0.15) is 10.1 Å². The molecular weight excluding hydrogens is 540 g/mol. The number of aromatic amines is 1. The number of rotatable bonds is 8. The van der Waals surface area contributed by atoms with E-state index in [0.717, 1.165) is 42.6 Å². The summed E-state index contributed by atoms with van der Waals surface area (Å²) in [4.78, 5) is 22.1. The van der Waals surface area contributed by atoms with Crippen LogP contribution in [0.5, 0.6) is 0 Å². The molecule has 2 saturated carbocycles. The lowest BCUT2D eigenvalue weighted by Gasteiger charge is -2.30. The second-order valence-electron chi connectivity index (χ2n) is 11.7. The summed E-state index contributed by atoms with van der Waals surface area (Å²) >= 11 is 0. The first-order valence-electron chi connectivity index (χ1n) is 14.6. The summed E-state index contributed by atoms with van der Waals surface area (Å²) in [7, 11) is -3.25. The summed E-state index contributed by atoms with van der Waals surface area (Å²) in [5.41, 5.74) is 3.27. The van der Waals surface area contributed by atoms with Crippen LogP contribution < -0.4 is 21.3 Å². The van der Waals surface area contributed by atoms with E-state index in [2.05, 4.69) is 47.5 Å². The van der Waals surface area contributed by atoms with Crippen LogP contribution in [0.2, 0.25) is 0 Å². The van der Waals surface area contributed by atoms with Crippen molar-refractivity contribution in [3.05, 3.63) is 53.3 Å². The third-order valence-electron chi connectivity index (χ3n) is 8.57. The van der Waals surface area contributed by atoms with Crippen LogP contribution in [-0.2, 0) is 22.7 Å². The number of H-pyrrole nitrogens is 1. The van der Waals surface area contributed by atoms with E-state index in [0.29, 0.717) is 35.4 Å². The Kier molecular flexibility index (Phi) is 7.83. The summed E-state index contributed by atoms with van der Waals surface area (Å²) in [5.74, 6) is 2.62. The molecule has 6 rings (SSSR count). The standard InChI is InChI=1S/C29H38N8O3S/c1-41(39,40)24-11-6-19-14-23(15-20(19)16-24)33-29(38)32-22-9-7-21(8-10-22)31-28-30-13-12-26(35-28)34-27-17-25(36-37-27)18-4-2-3-5-18/h6,11-13,16-18,21-23H,2-5,7-10,14-15H2,1H3,(H2,32,33,38)(H3,30,31,34,35,36,37)/t21-,22-,23?. The first-order chi connectivity index (χ1) is 19.8. The van der Waals surface area contributed by atoms with E-state index in [4.69, 9.17) is 0 Å². The summed E-state index contributed by atoms with van der Waals surface area (Å²) in [6, 6.07) is 9.29. The number of carbonyl (C=O) groups is 1. The molecule has 1 aromatic carbocycles. The Balaban J connectivity index is 0.942. The van der Waals surface area contributed by atoms with Crippen molar-refractivity contribution >= 4 is 33.5 Å². The van der Waals surface area contributed by atoms with Crippen LogP contribution in [0.4, 0.5) is 22.4 Å². The number of hydrogen-bond acceptors (Lipinski definition) is 8. The lowest BCUT2D eigenvalue weighted by Crippen LogP contribution is -2.48. The van der Waals surface area contributed by atoms with Crippen molar-refractivity contribution < 1.29 is 13.2 Å². The van der Waals surface area contributed by atoms with E-state index >= 15 is 0 Å². The van der Waals surface area contributed by atoms with E-state index < -0.39 is 9.84 Å². The van der Waals surface area contributed by atoms with Gasteiger partial charge in [-0.25, -0.2) is 18.2 Å². The Morgan fingerprint density at radius 2 is 1.61 bits per heavy atom. The lowest BCUT2D eigenvalue weighted by atomic mass is 9.91. The van der Waals surface area contributed by atoms with Gasteiger partial charge in [0.15, 0.2) is 15.7 Å². The molecule has 0 spiro atoms. The predicted octanol–water partition coefficient (Wildman–Crippen LogP) is 4.19. The fourth-order valence-corrected chi connectivity index (χ4v) is 7.05. The highest BCUT2D eigenvalue weighted by atomic mass is 32.2. The zero-order valence-corrected chi connectivity index (χ0v) is 24.1. The summed E-state index contributed by atoms with van der Waals surface area (Å²) in [6.45, 7) is 0. The molecule has 3 aliphatic rings. The van der Waals surface area contributed by atoms with Gasteiger partial charge in [0.2, 0.25) is 5.95 Å². The van der Waals surface area contributed by atoms with Crippen LogP contribution in [0.25, 0.3) is 0 Å². The Hall–Kier alpha value is -3.67. The average molecular weight is 579 g/mol. The van der Waals surface area contributed by atoms with Crippen molar-refractivity contribution in [2.45, 2.75) is 93.1 Å². The average Bonchev–Trinajstić information content (AvgIpc) is 3.70. The van der Waals surface area contributed by atoms with Crippen molar-refractivity contribution in [2.24, 2.45) is 0 Å². The molecule has 218 valence electrons. The SMILES string of the molecule is CS(=O)(=O)c1ccc2c(c1)CC(NC(=O)N[C@H]1CC[C@H](Nc3nccc(Nc4cc(C5CCCC5)[nH]n4)n3)CC1)C2. The minimum atomic E-state index is -3.25. The van der Waals surface area contributed by atoms with Gasteiger partial charge in [0.1, 0.15) is 5.82 Å². The van der Waals surface area contributed by atoms with Crippen LogP contribution in [0.15, 0.2) is 41.4 Å². The second kappa shape index (κ2) is 11.7. The Morgan fingerprint density at radius 3 is 2.39 bits per heavy atom. The quantitative estimate of drug-likeness (QED) is 0.267. The maximum Gasteiger partial charge on any atom is 0.315 e. The molecule has 2 fully saturated rings. The van der Waals surface area contributed by atoms with Gasteiger partial charge in [-0.05, 0) is 80.7 Å². The minimum absolute atomic E-state index is 0.0355. The van der Waals surface area contributed by atoms with E-state index in [1.54, 1.807) is 18.3 Å². The molecule has 12 heteroatoms. The molecule has 0 saturated heterocycles. The van der Waals surface area contributed by atoms with E-state index in [1.807, 2.05) is 12.1 Å². The fourth-order valence-electron chi connectivity index (χ4n) is 6.38. The normalized spacial score (nSPS) is 22.7. The molecular formula is C29H38N8O3S. The first-order valence-corrected chi connectivity index (χ1v) is 16.5. The first kappa shape index (κ1) is 27.5. The van der Waals surface area contributed by atoms with Crippen molar-refractivity contribution in [3.63, 3.8) is 0 Å². The van der Waals surface area contributed by atoms with Gasteiger partial charge >= 0.3 is 6.03 Å². The highest BCUT2D eigenvalue weighted by Crippen LogP contribution is 2.34. The highest BCUT2D eigenvalue weighted by molar-refractivity contribution is 7.90. The van der Waals surface area contributed by atoms with Crippen molar-refractivity contribution in [3.8, 4) is 0 Å². The molecule has 3 aromatic rings. The van der Waals surface area contributed by atoms with Gasteiger partial charge in [0, 0.05) is 48.3 Å². The molecule has 2 aromatic heterocycles. The van der Waals surface area contributed by atoms with Crippen LogP contribution in [0.3, 0.4) is 0 Å². The summed E-state index contributed by atoms with van der Waals surface area (Å²) < 4.78 is 23.7. The summed E-state index contributed by atoms with van der Waals surface area (Å²) in [5, 5.41) is 20.5. The number of aromatic nitrogens is 4. The monoisotopic (exact) mass is 578 g/mol. The summed E-state index contributed by atoms with van der Waals surface area (Å²) in [6.07, 6.45) is 12.8. The molecule has 2 heterocycles. The van der Waals surface area contributed by atoms with E-state index in [-0.39, 0.29) is 24.2 Å². The van der Waals surface area contributed by atoms with Gasteiger partial charge < -0.3 is 21.3 Å². The molecule has 1 atom stereocenters. The highest BCUT2D eigenvalue weighted by Gasteiger charge is 2.27. The van der Waals surface area contributed by atoms with Crippen molar-refractivity contribution in [2.75, 3.05) is 16.9 Å². The number of nitrogens with zero attached hydrogens (tertiary/aromatic N) is 3. The molecule has 11 nitrogen and oxygen atoms in total. The maximum atomic E-state index is 12.7. The Labute approximate surface area is 240 Å². The molecule has 5 N–H and O–H groups in total. The number of urea groups is 1. The Bertz CT molecular complexity index is 1490. The van der Waals surface area contributed by atoms with E-state index in [1.165, 1.54) is 37.6 Å². The molecule has 0 radical (unpaired) electrons. The number of hydrogen-bond donors (Lipinski definition) is 5. The molecule has 0 bridgehead atoms. The van der Waals surface area contributed by atoms with Gasteiger partial charge in [0.05, 0.1) is 4.90 Å². The van der Waals surface area contributed by atoms with Gasteiger partial charge in [0.25, 0.3) is 0 Å². The number of amides is 2. The Morgan fingerprint density at radius 1 is 0.878 bits per heavy atom. The van der Waals surface area contributed by atoms with Crippen LogP contribution in [0, 0.1) is 0 Å². The number of sulfone groups is 1. The number of anilines is 3.